The maximum absolute atomic E-state index is 12.4. The van der Waals surface area contributed by atoms with Gasteiger partial charge in [0.25, 0.3) is 0 Å². The topological polar surface area (TPSA) is 0 Å². The third-order valence-corrected chi connectivity index (χ3v) is 1.46. The first kappa shape index (κ1) is 7.73. The van der Waals surface area contributed by atoms with E-state index in [1.165, 1.54) is 0 Å². The number of hydrogen-bond acceptors (Lipinski definition) is 0. The molecule has 0 spiro atoms. The van der Waals surface area contributed by atoms with Gasteiger partial charge in [0, 0.05) is 5.56 Å². The molecular formula is C10H9F. The molecule has 0 aromatic heterocycles. The molecule has 0 N–H and O–H groups in total. The summed E-state index contributed by atoms with van der Waals surface area (Å²) in [4.78, 5) is 0. The van der Waals surface area contributed by atoms with Gasteiger partial charge in [-0.25, -0.2) is 4.39 Å². The van der Waals surface area contributed by atoms with Gasteiger partial charge in [0.05, 0.1) is 0 Å². The highest BCUT2D eigenvalue weighted by molar-refractivity contribution is 5.59. The van der Waals surface area contributed by atoms with Crippen LogP contribution in [0, 0.1) is 0 Å². The molecule has 56 valence electrons. The predicted octanol–water partition coefficient (Wildman–Crippen LogP) is 3.27. The monoisotopic (exact) mass is 148 g/mol. The van der Waals surface area contributed by atoms with Crippen LogP contribution in [0.4, 0.5) is 4.39 Å². The molecule has 1 aromatic carbocycles. The lowest BCUT2D eigenvalue weighted by Crippen LogP contribution is -1.76. The molecule has 1 rings (SSSR count). The van der Waals surface area contributed by atoms with E-state index in [2.05, 4.69) is 13.2 Å². The van der Waals surface area contributed by atoms with Gasteiger partial charge in [-0.3, -0.25) is 0 Å². The summed E-state index contributed by atoms with van der Waals surface area (Å²) in [6.07, 6.45) is 1.71. The van der Waals surface area contributed by atoms with Gasteiger partial charge in [0.15, 0.2) is 0 Å². The molecule has 0 aliphatic heterocycles. The smallest absolute Gasteiger partial charge is 0.123 e. The molecule has 0 unspecified atom stereocenters. The SMILES string of the molecule is C=Cc1ccc(C(=C)F)cc1. The van der Waals surface area contributed by atoms with Crippen LogP contribution >= 0.6 is 0 Å². The van der Waals surface area contributed by atoms with Crippen LogP contribution in [0.25, 0.3) is 11.9 Å². The maximum Gasteiger partial charge on any atom is 0.123 e. The Morgan fingerprint density at radius 3 is 2.18 bits per heavy atom. The Labute approximate surface area is 65.7 Å². The van der Waals surface area contributed by atoms with Crippen LogP contribution in [-0.2, 0) is 0 Å². The lowest BCUT2D eigenvalue weighted by atomic mass is 10.1. The Balaban J connectivity index is 3.00. The van der Waals surface area contributed by atoms with Crippen molar-refractivity contribution in [3.8, 4) is 0 Å². The average Bonchev–Trinajstić information content (AvgIpc) is 2.05. The van der Waals surface area contributed by atoms with Gasteiger partial charge in [-0.05, 0) is 5.56 Å². The fourth-order valence-electron chi connectivity index (χ4n) is 0.800. The Morgan fingerprint density at radius 2 is 1.82 bits per heavy atom. The predicted molar refractivity (Wildman–Crippen MR) is 46.7 cm³/mol. The zero-order valence-corrected chi connectivity index (χ0v) is 6.18. The van der Waals surface area contributed by atoms with Crippen molar-refractivity contribution in [2.24, 2.45) is 0 Å². The van der Waals surface area contributed by atoms with E-state index in [9.17, 15) is 4.39 Å². The van der Waals surface area contributed by atoms with Gasteiger partial charge in [-0.15, -0.1) is 0 Å². The first-order chi connectivity index (χ1) is 5.24. The van der Waals surface area contributed by atoms with E-state index in [0.29, 0.717) is 5.56 Å². The second-order valence-corrected chi connectivity index (χ2v) is 2.23. The zero-order chi connectivity index (χ0) is 8.27. The molecule has 0 fully saturated rings. The van der Waals surface area contributed by atoms with Crippen LogP contribution in [0.1, 0.15) is 11.1 Å². The Kier molecular flexibility index (Phi) is 2.21. The number of benzene rings is 1. The molecule has 0 radical (unpaired) electrons. The quantitative estimate of drug-likeness (QED) is 0.603. The second kappa shape index (κ2) is 3.15. The van der Waals surface area contributed by atoms with Crippen molar-refractivity contribution < 1.29 is 4.39 Å². The summed E-state index contributed by atoms with van der Waals surface area (Å²) in [5.74, 6) is -0.402. The molecule has 11 heavy (non-hydrogen) atoms. The van der Waals surface area contributed by atoms with Crippen LogP contribution < -0.4 is 0 Å². The Morgan fingerprint density at radius 1 is 1.27 bits per heavy atom. The Bertz CT molecular complexity index is 269. The highest BCUT2D eigenvalue weighted by Crippen LogP contribution is 2.14. The van der Waals surface area contributed by atoms with Crippen molar-refractivity contribution in [3.63, 3.8) is 0 Å². The first-order valence-corrected chi connectivity index (χ1v) is 3.31. The normalized spacial score (nSPS) is 9.18. The molecule has 0 saturated carbocycles. The van der Waals surface area contributed by atoms with Crippen LogP contribution in [-0.4, -0.2) is 0 Å². The zero-order valence-electron chi connectivity index (χ0n) is 6.18. The summed E-state index contributed by atoms with van der Waals surface area (Å²) in [6.45, 7) is 6.78. The van der Waals surface area contributed by atoms with Crippen molar-refractivity contribution in [2.75, 3.05) is 0 Å². The first-order valence-electron chi connectivity index (χ1n) is 3.31. The van der Waals surface area contributed by atoms with Crippen molar-refractivity contribution >= 4 is 11.9 Å². The summed E-state index contributed by atoms with van der Waals surface area (Å²) in [6, 6.07) is 6.96. The minimum absolute atomic E-state index is 0.402. The molecule has 0 bridgehead atoms. The lowest BCUT2D eigenvalue weighted by Gasteiger charge is -1.95. The van der Waals surface area contributed by atoms with E-state index in [-0.39, 0.29) is 0 Å². The third-order valence-electron chi connectivity index (χ3n) is 1.46. The fourth-order valence-corrected chi connectivity index (χ4v) is 0.800. The summed E-state index contributed by atoms with van der Waals surface area (Å²) in [5.41, 5.74) is 1.51. The molecule has 1 heteroatoms. The molecule has 0 amide bonds. The van der Waals surface area contributed by atoms with Crippen molar-refractivity contribution in [3.05, 3.63) is 48.6 Å². The highest BCUT2D eigenvalue weighted by atomic mass is 19.1. The largest absolute Gasteiger partial charge is 0.207 e. The molecule has 0 heterocycles. The van der Waals surface area contributed by atoms with E-state index in [4.69, 9.17) is 0 Å². The molecule has 0 aliphatic carbocycles. The van der Waals surface area contributed by atoms with Gasteiger partial charge in [-0.1, -0.05) is 43.5 Å². The van der Waals surface area contributed by atoms with Gasteiger partial charge in [0.2, 0.25) is 0 Å². The van der Waals surface area contributed by atoms with Gasteiger partial charge >= 0.3 is 0 Å². The van der Waals surface area contributed by atoms with E-state index < -0.39 is 5.83 Å². The second-order valence-electron chi connectivity index (χ2n) is 2.23. The van der Waals surface area contributed by atoms with Gasteiger partial charge in [-0.2, -0.15) is 0 Å². The van der Waals surface area contributed by atoms with E-state index >= 15 is 0 Å². The minimum Gasteiger partial charge on any atom is -0.207 e. The maximum atomic E-state index is 12.4. The summed E-state index contributed by atoms with van der Waals surface area (Å²) >= 11 is 0. The molecular weight excluding hydrogens is 139 g/mol. The highest BCUT2D eigenvalue weighted by Gasteiger charge is 1.94. The minimum atomic E-state index is -0.402. The lowest BCUT2D eigenvalue weighted by molar-refractivity contribution is 0.763. The molecule has 0 saturated heterocycles. The van der Waals surface area contributed by atoms with E-state index in [0.717, 1.165) is 5.56 Å². The van der Waals surface area contributed by atoms with Crippen LogP contribution in [0.15, 0.2) is 37.4 Å². The summed E-state index contributed by atoms with van der Waals surface area (Å²) in [5, 5.41) is 0. The number of hydrogen-bond donors (Lipinski definition) is 0. The molecule has 0 nitrogen and oxygen atoms in total. The number of rotatable bonds is 2. The van der Waals surface area contributed by atoms with E-state index in [1.54, 1.807) is 30.3 Å². The van der Waals surface area contributed by atoms with Crippen molar-refractivity contribution in [2.45, 2.75) is 0 Å². The van der Waals surface area contributed by atoms with Crippen LogP contribution in [0.5, 0.6) is 0 Å². The number of halogens is 1. The van der Waals surface area contributed by atoms with Gasteiger partial charge < -0.3 is 0 Å². The van der Waals surface area contributed by atoms with Crippen molar-refractivity contribution in [1.82, 2.24) is 0 Å². The molecule has 0 atom stereocenters. The van der Waals surface area contributed by atoms with Crippen molar-refractivity contribution in [1.29, 1.82) is 0 Å². The standard InChI is InChI=1S/C10H9F/c1-3-9-4-6-10(7-5-9)8(2)11/h3-7H,1-2H2. The third kappa shape index (κ3) is 1.77. The molecule has 0 aliphatic rings. The molecule has 1 aromatic rings. The van der Waals surface area contributed by atoms with Crippen LogP contribution in [0.3, 0.4) is 0 Å². The van der Waals surface area contributed by atoms with E-state index in [1.807, 2.05) is 0 Å². The average molecular weight is 148 g/mol. The van der Waals surface area contributed by atoms with Crippen LogP contribution in [0.2, 0.25) is 0 Å². The summed E-state index contributed by atoms with van der Waals surface area (Å²) < 4.78 is 12.4. The van der Waals surface area contributed by atoms with Gasteiger partial charge in [0.1, 0.15) is 5.83 Å². The summed E-state index contributed by atoms with van der Waals surface area (Å²) in [7, 11) is 0. The fraction of sp³-hybridized carbons (Fsp3) is 0. The Hall–Kier alpha value is -1.37.